The van der Waals surface area contributed by atoms with Crippen LogP contribution in [0.5, 0.6) is 0 Å². The highest BCUT2D eigenvalue weighted by Crippen LogP contribution is 2.03. The molecule has 0 saturated carbocycles. The Morgan fingerprint density at radius 3 is 2.19 bits per heavy atom. The predicted octanol–water partition coefficient (Wildman–Crippen LogP) is 0.262. The molecule has 0 radical (unpaired) electrons. The first kappa shape index (κ1) is 15.2. The lowest BCUT2D eigenvalue weighted by Crippen LogP contribution is -2.55. The second kappa shape index (κ2) is 6.10. The van der Waals surface area contributed by atoms with Crippen LogP contribution in [0.15, 0.2) is 0 Å². The van der Waals surface area contributed by atoms with Gasteiger partial charge >= 0.3 is 5.97 Å². The molecule has 5 nitrogen and oxygen atoms in total. The van der Waals surface area contributed by atoms with Crippen molar-refractivity contribution in [3.05, 3.63) is 0 Å². The Balaban J connectivity index is 4.38. The van der Waals surface area contributed by atoms with E-state index < -0.39 is 18.1 Å². The lowest BCUT2D eigenvalue weighted by Gasteiger charge is -2.27. The third-order valence-corrected chi connectivity index (χ3v) is 2.20. The molecule has 0 rings (SSSR count). The van der Waals surface area contributed by atoms with Gasteiger partial charge in [0.25, 0.3) is 0 Å². The first-order valence-electron chi connectivity index (χ1n) is 5.09. The van der Waals surface area contributed by atoms with Gasteiger partial charge in [-0.3, -0.25) is 9.59 Å². The van der Waals surface area contributed by atoms with E-state index in [0.717, 1.165) is 0 Å². The quantitative estimate of drug-likeness (QED) is 0.526. The fraction of sp³-hybridized carbons (Fsp3) is 0.800. The average molecular weight is 248 g/mol. The van der Waals surface area contributed by atoms with Gasteiger partial charge in [0, 0.05) is 11.3 Å². The Bertz CT molecular complexity index is 263. The van der Waals surface area contributed by atoms with E-state index >= 15 is 0 Å². The van der Waals surface area contributed by atoms with E-state index in [2.05, 4.69) is 23.3 Å². The van der Waals surface area contributed by atoms with Crippen LogP contribution in [-0.2, 0) is 9.59 Å². The normalized spacial score (nSPS) is 15.3. The topological polar surface area (TPSA) is 78.4 Å². The number of carboxylic acid groups (broad SMARTS) is 1. The summed E-state index contributed by atoms with van der Waals surface area (Å²) >= 11 is 4.07. The van der Waals surface area contributed by atoms with Crippen molar-refractivity contribution in [2.75, 3.05) is 5.75 Å². The Labute approximate surface area is 101 Å². The third-order valence-electron chi connectivity index (χ3n) is 1.84. The Kier molecular flexibility index (Phi) is 5.81. The van der Waals surface area contributed by atoms with E-state index in [1.165, 1.54) is 6.92 Å². The van der Waals surface area contributed by atoms with Gasteiger partial charge in [-0.2, -0.15) is 12.6 Å². The zero-order chi connectivity index (χ0) is 12.9. The molecule has 94 valence electrons. The first-order valence-corrected chi connectivity index (χ1v) is 5.72. The van der Waals surface area contributed by atoms with Crippen molar-refractivity contribution in [2.24, 2.45) is 0 Å². The number of nitrogens with one attached hydrogen (secondary N) is 2. The molecule has 3 N–H and O–H groups in total. The summed E-state index contributed by atoms with van der Waals surface area (Å²) in [7, 11) is 0. The molecule has 2 atom stereocenters. The van der Waals surface area contributed by atoms with Crippen molar-refractivity contribution < 1.29 is 14.7 Å². The van der Waals surface area contributed by atoms with Crippen LogP contribution < -0.4 is 10.6 Å². The van der Waals surface area contributed by atoms with Crippen LogP contribution in [0.2, 0.25) is 0 Å². The molecule has 0 aliphatic carbocycles. The van der Waals surface area contributed by atoms with Crippen LogP contribution in [-0.4, -0.2) is 40.4 Å². The standard InChI is InChI=1S/C10H20N2O3S/c1-6(9(14)15)11-8(13)7(5-16)12-10(2,3)4/h6-7,12,16H,5H2,1-4H3,(H,11,13)(H,14,15)/t6-,7?/m0/s1. The van der Waals surface area contributed by atoms with Crippen molar-refractivity contribution in [1.29, 1.82) is 0 Å². The number of thiol groups is 1. The van der Waals surface area contributed by atoms with Crippen molar-refractivity contribution in [3.63, 3.8) is 0 Å². The van der Waals surface area contributed by atoms with Gasteiger partial charge in [0.05, 0.1) is 6.04 Å². The maximum atomic E-state index is 11.7. The highest BCUT2D eigenvalue weighted by atomic mass is 32.1. The highest BCUT2D eigenvalue weighted by molar-refractivity contribution is 7.80. The van der Waals surface area contributed by atoms with Gasteiger partial charge < -0.3 is 15.7 Å². The summed E-state index contributed by atoms with van der Waals surface area (Å²) in [4.78, 5) is 22.3. The lowest BCUT2D eigenvalue weighted by molar-refractivity contribution is -0.141. The summed E-state index contributed by atoms with van der Waals surface area (Å²) in [6, 6.07) is -1.39. The fourth-order valence-corrected chi connectivity index (χ4v) is 1.35. The number of hydrogen-bond acceptors (Lipinski definition) is 4. The minimum Gasteiger partial charge on any atom is -0.480 e. The number of rotatable bonds is 5. The van der Waals surface area contributed by atoms with E-state index in [0.29, 0.717) is 5.75 Å². The second-order valence-corrected chi connectivity index (χ2v) is 5.06. The minimum absolute atomic E-state index is 0.225. The monoisotopic (exact) mass is 248 g/mol. The zero-order valence-electron chi connectivity index (χ0n) is 10.1. The molecule has 0 aliphatic heterocycles. The summed E-state index contributed by atoms with van der Waals surface area (Å²) in [5, 5.41) is 14.1. The summed E-state index contributed by atoms with van der Waals surface area (Å²) in [6.45, 7) is 7.21. The van der Waals surface area contributed by atoms with E-state index in [1.807, 2.05) is 20.8 Å². The van der Waals surface area contributed by atoms with Gasteiger partial charge in [0.1, 0.15) is 6.04 Å². The van der Waals surface area contributed by atoms with Crippen LogP contribution in [0, 0.1) is 0 Å². The van der Waals surface area contributed by atoms with Crippen LogP contribution in [0.25, 0.3) is 0 Å². The van der Waals surface area contributed by atoms with E-state index in [-0.39, 0.29) is 11.4 Å². The van der Waals surface area contributed by atoms with Gasteiger partial charge in [-0.1, -0.05) is 0 Å². The van der Waals surface area contributed by atoms with Crippen molar-refractivity contribution >= 4 is 24.5 Å². The predicted molar refractivity (Wildman–Crippen MR) is 65.8 cm³/mol. The van der Waals surface area contributed by atoms with Crippen LogP contribution in [0.1, 0.15) is 27.7 Å². The van der Waals surface area contributed by atoms with E-state index in [1.54, 1.807) is 0 Å². The average Bonchev–Trinajstić information content (AvgIpc) is 2.12. The Morgan fingerprint density at radius 2 is 1.88 bits per heavy atom. The molecule has 0 spiro atoms. The SMILES string of the molecule is C[C@H](NC(=O)C(CS)NC(C)(C)C)C(=O)O. The van der Waals surface area contributed by atoms with Crippen molar-refractivity contribution in [2.45, 2.75) is 45.3 Å². The number of hydrogen-bond donors (Lipinski definition) is 4. The molecule has 16 heavy (non-hydrogen) atoms. The lowest BCUT2D eigenvalue weighted by atomic mass is 10.1. The molecule has 0 aromatic rings. The molecule has 0 saturated heterocycles. The Morgan fingerprint density at radius 1 is 1.38 bits per heavy atom. The fourth-order valence-electron chi connectivity index (χ4n) is 1.09. The molecule has 0 aliphatic rings. The van der Waals surface area contributed by atoms with Gasteiger partial charge in [-0.15, -0.1) is 0 Å². The molecule has 0 bridgehead atoms. The number of carboxylic acids is 1. The first-order chi connectivity index (χ1) is 7.17. The second-order valence-electron chi connectivity index (χ2n) is 4.70. The van der Waals surface area contributed by atoms with Crippen LogP contribution in [0.4, 0.5) is 0 Å². The molecule has 0 aromatic carbocycles. The molecule has 0 heterocycles. The Hall–Kier alpha value is -0.750. The molecular weight excluding hydrogens is 228 g/mol. The van der Waals surface area contributed by atoms with Crippen molar-refractivity contribution in [1.82, 2.24) is 10.6 Å². The van der Waals surface area contributed by atoms with Crippen molar-refractivity contribution in [3.8, 4) is 0 Å². The summed E-state index contributed by atoms with van der Waals surface area (Å²) in [5.74, 6) is -1.09. The third kappa shape index (κ3) is 5.97. The van der Waals surface area contributed by atoms with Crippen LogP contribution in [0.3, 0.4) is 0 Å². The van der Waals surface area contributed by atoms with Gasteiger partial charge in [-0.05, 0) is 27.7 Å². The smallest absolute Gasteiger partial charge is 0.325 e. The number of carbonyl (C=O) groups excluding carboxylic acids is 1. The van der Waals surface area contributed by atoms with Gasteiger partial charge in [-0.25, -0.2) is 0 Å². The highest BCUT2D eigenvalue weighted by Gasteiger charge is 2.24. The molecule has 0 fully saturated rings. The molecule has 0 aromatic heterocycles. The van der Waals surface area contributed by atoms with Crippen LogP contribution >= 0.6 is 12.6 Å². The summed E-state index contributed by atoms with van der Waals surface area (Å²) in [5.41, 5.74) is -0.225. The van der Waals surface area contributed by atoms with Gasteiger partial charge in [0.15, 0.2) is 0 Å². The summed E-state index contributed by atoms with van der Waals surface area (Å²) in [6.07, 6.45) is 0. The van der Waals surface area contributed by atoms with E-state index in [4.69, 9.17) is 5.11 Å². The number of aliphatic carboxylic acids is 1. The number of amides is 1. The molecule has 1 amide bonds. The minimum atomic E-state index is -1.05. The number of carbonyl (C=O) groups is 2. The molecule has 1 unspecified atom stereocenters. The van der Waals surface area contributed by atoms with E-state index in [9.17, 15) is 9.59 Å². The largest absolute Gasteiger partial charge is 0.480 e. The molecular formula is C10H20N2O3S. The molecule has 6 heteroatoms. The maximum Gasteiger partial charge on any atom is 0.325 e. The maximum absolute atomic E-state index is 11.7. The summed E-state index contributed by atoms with van der Waals surface area (Å²) < 4.78 is 0. The van der Waals surface area contributed by atoms with Gasteiger partial charge in [0.2, 0.25) is 5.91 Å². The zero-order valence-corrected chi connectivity index (χ0v) is 11.0.